The van der Waals surface area contributed by atoms with E-state index in [2.05, 4.69) is 9.97 Å². The average molecular weight is 322 g/mol. The molecule has 0 aliphatic carbocycles. The smallest absolute Gasteiger partial charge is 0.272 e. The van der Waals surface area contributed by atoms with Crippen LogP contribution >= 0.6 is 0 Å². The Balaban J connectivity index is 1.79. The van der Waals surface area contributed by atoms with E-state index >= 15 is 0 Å². The van der Waals surface area contributed by atoms with Gasteiger partial charge in [-0.1, -0.05) is 0 Å². The fraction of sp³-hybridized carbons (Fsp3) is 0.429. The van der Waals surface area contributed by atoms with Gasteiger partial charge in [0, 0.05) is 37.3 Å². The van der Waals surface area contributed by atoms with E-state index in [0.29, 0.717) is 31.0 Å². The Bertz CT molecular complexity index is 814. The maximum Gasteiger partial charge on any atom is 0.272 e. The van der Waals surface area contributed by atoms with Crippen LogP contribution in [0.25, 0.3) is 11.0 Å². The van der Waals surface area contributed by atoms with Crippen molar-refractivity contribution in [3.63, 3.8) is 0 Å². The molecule has 7 nitrogen and oxygen atoms in total. The van der Waals surface area contributed by atoms with Crippen LogP contribution in [0.4, 0.5) is 0 Å². The molecule has 3 rings (SSSR count). The molecular weight excluding hydrogens is 304 g/mol. The van der Waals surface area contributed by atoms with Crippen LogP contribution in [0, 0.1) is 0 Å². The van der Waals surface area contributed by atoms with Crippen LogP contribution in [-0.2, 0) is 10.0 Å². The number of aromatic amines is 1. The molecular formula is C14H18N4O3S. The van der Waals surface area contributed by atoms with Gasteiger partial charge < -0.3 is 9.88 Å². The summed E-state index contributed by atoms with van der Waals surface area (Å²) in [5, 5.41) is 0.951. The molecule has 0 aromatic carbocycles. The first kappa shape index (κ1) is 15.0. The number of H-pyrrole nitrogens is 1. The first-order chi connectivity index (χ1) is 10.4. The second-order valence-electron chi connectivity index (χ2n) is 5.59. The topological polar surface area (TPSA) is 86.4 Å². The van der Waals surface area contributed by atoms with Gasteiger partial charge in [-0.3, -0.25) is 4.79 Å². The van der Waals surface area contributed by atoms with Crippen molar-refractivity contribution >= 4 is 27.0 Å². The summed E-state index contributed by atoms with van der Waals surface area (Å²) in [6.07, 6.45) is 2.97. The third-order valence-corrected chi connectivity index (χ3v) is 5.30. The highest BCUT2D eigenvalue weighted by Crippen LogP contribution is 2.16. The highest BCUT2D eigenvalue weighted by Gasteiger charge is 2.32. The molecule has 22 heavy (non-hydrogen) atoms. The van der Waals surface area contributed by atoms with Gasteiger partial charge in [-0.15, -0.1) is 0 Å². The van der Waals surface area contributed by atoms with Gasteiger partial charge in [0.05, 0.1) is 6.26 Å². The fourth-order valence-corrected chi connectivity index (χ4v) is 3.96. The van der Waals surface area contributed by atoms with Crippen LogP contribution in [0.2, 0.25) is 0 Å². The molecule has 3 heterocycles. The lowest BCUT2D eigenvalue weighted by molar-refractivity contribution is 0.0637. The van der Waals surface area contributed by atoms with Crippen LogP contribution in [0.3, 0.4) is 0 Å². The summed E-state index contributed by atoms with van der Waals surface area (Å²) in [5.74, 6) is -0.170. The van der Waals surface area contributed by atoms with Crippen LogP contribution in [0.1, 0.15) is 17.4 Å². The van der Waals surface area contributed by atoms with Gasteiger partial charge in [-0.25, -0.2) is 13.4 Å². The summed E-state index contributed by atoms with van der Waals surface area (Å²) < 4.78 is 24.8. The lowest BCUT2D eigenvalue weighted by atomic mass is 10.2. The van der Waals surface area contributed by atoms with Gasteiger partial charge >= 0.3 is 0 Å². The highest BCUT2D eigenvalue weighted by atomic mass is 32.2. The number of sulfonamides is 1. The summed E-state index contributed by atoms with van der Waals surface area (Å²) in [7, 11) is -3.24. The molecule has 0 unspecified atom stereocenters. The van der Waals surface area contributed by atoms with E-state index in [9.17, 15) is 13.2 Å². The number of hydrogen-bond donors (Lipinski definition) is 1. The van der Waals surface area contributed by atoms with E-state index in [1.54, 1.807) is 17.2 Å². The Hall–Kier alpha value is -1.93. The molecule has 1 aliphatic rings. The number of piperazine rings is 1. The molecule has 1 N–H and O–H groups in total. The van der Waals surface area contributed by atoms with E-state index in [0.717, 1.165) is 5.39 Å². The van der Waals surface area contributed by atoms with Crippen molar-refractivity contribution in [2.45, 2.75) is 13.0 Å². The van der Waals surface area contributed by atoms with Crippen molar-refractivity contribution in [1.82, 2.24) is 19.2 Å². The molecule has 2 aromatic rings. The Morgan fingerprint density at radius 1 is 1.32 bits per heavy atom. The lowest BCUT2D eigenvalue weighted by Gasteiger charge is -2.38. The van der Waals surface area contributed by atoms with E-state index in [4.69, 9.17) is 0 Å². The van der Waals surface area contributed by atoms with Gasteiger partial charge in [-0.2, -0.15) is 4.31 Å². The summed E-state index contributed by atoms with van der Waals surface area (Å²) in [4.78, 5) is 21.5. The van der Waals surface area contributed by atoms with Crippen LogP contribution in [0.15, 0.2) is 24.4 Å². The number of carbonyl (C=O) groups excluding carboxylic acids is 1. The van der Waals surface area contributed by atoms with Gasteiger partial charge in [0.25, 0.3) is 5.91 Å². The van der Waals surface area contributed by atoms with Gasteiger partial charge in [0.2, 0.25) is 10.0 Å². The lowest BCUT2D eigenvalue weighted by Crippen LogP contribution is -2.55. The average Bonchev–Trinajstić information content (AvgIpc) is 2.92. The highest BCUT2D eigenvalue weighted by molar-refractivity contribution is 7.88. The maximum atomic E-state index is 12.5. The third-order valence-electron chi connectivity index (χ3n) is 3.91. The molecule has 1 amide bonds. The first-order valence-corrected chi connectivity index (χ1v) is 8.91. The monoisotopic (exact) mass is 322 g/mol. The first-order valence-electron chi connectivity index (χ1n) is 7.06. The van der Waals surface area contributed by atoms with Crippen molar-refractivity contribution in [2.24, 2.45) is 0 Å². The summed E-state index contributed by atoms with van der Waals surface area (Å²) in [6.45, 7) is 2.87. The molecule has 0 bridgehead atoms. The van der Waals surface area contributed by atoms with E-state index < -0.39 is 10.0 Å². The van der Waals surface area contributed by atoms with Gasteiger partial charge in [0.15, 0.2) is 0 Å². The number of nitrogens with zero attached hydrogens (tertiary/aromatic N) is 3. The molecule has 1 atom stereocenters. The number of nitrogens with one attached hydrogen (secondary N) is 1. The molecule has 1 saturated heterocycles. The number of pyridine rings is 1. The minimum atomic E-state index is -3.24. The largest absolute Gasteiger partial charge is 0.346 e. The zero-order valence-corrected chi connectivity index (χ0v) is 13.3. The standard InChI is InChI=1S/C14H18N4O3S/c1-10-9-17(7-8-18(10)22(2,20)21)14(19)12-4-3-11-5-6-15-13(11)16-12/h3-6,10H,7-9H2,1-2H3,(H,15,16)/t10-/m0/s1. The summed E-state index contributed by atoms with van der Waals surface area (Å²) >= 11 is 0. The normalized spacial score (nSPS) is 20.5. The fourth-order valence-electron chi connectivity index (χ4n) is 2.83. The SMILES string of the molecule is C[C@H]1CN(C(=O)c2ccc3cc[nH]c3n2)CCN1S(C)(=O)=O. The molecule has 8 heteroatoms. The minimum absolute atomic E-state index is 0.170. The molecule has 1 aliphatic heterocycles. The Morgan fingerprint density at radius 2 is 2.09 bits per heavy atom. The zero-order chi connectivity index (χ0) is 15.9. The second kappa shape index (κ2) is 5.36. The maximum absolute atomic E-state index is 12.5. The summed E-state index contributed by atoms with van der Waals surface area (Å²) in [6, 6.07) is 5.21. The van der Waals surface area contributed by atoms with E-state index in [1.807, 2.05) is 19.1 Å². The second-order valence-corrected chi connectivity index (χ2v) is 7.52. The number of fused-ring (bicyclic) bond motifs is 1. The molecule has 118 valence electrons. The number of rotatable bonds is 2. The number of hydrogen-bond acceptors (Lipinski definition) is 4. The molecule has 0 radical (unpaired) electrons. The van der Waals surface area contributed by atoms with Gasteiger partial charge in [0.1, 0.15) is 11.3 Å². The van der Waals surface area contributed by atoms with Crippen molar-refractivity contribution < 1.29 is 13.2 Å². The number of amides is 1. The van der Waals surface area contributed by atoms with Crippen molar-refractivity contribution in [2.75, 3.05) is 25.9 Å². The molecule has 2 aromatic heterocycles. The molecule has 0 saturated carbocycles. The Labute approximate surface area is 129 Å². The van der Waals surface area contributed by atoms with E-state index in [-0.39, 0.29) is 11.9 Å². The quantitative estimate of drug-likeness (QED) is 0.880. The van der Waals surface area contributed by atoms with Crippen molar-refractivity contribution in [3.05, 3.63) is 30.1 Å². The Morgan fingerprint density at radius 3 is 2.77 bits per heavy atom. The Kier molecular flexibility index (Phi) is 3.65. The van der Waals surface area contributed by atoms with Crippen LogP contribution in [0.5, 0.6) is 0 Å². The third kappa shape index (κ3) is 2.71. The number of carbonyl (C=O) groups is 1. The van der Waals surface area contributed by atoms with Crippen LogP contribution in [-0.4, -0.2) is 65.4 Å². The summed E-state index contributed by atoms with van der Waals surface area (Å²) in [5.41, 5.74) is 1.05. The van der Waals surface area contributed by atoms with Gasteiger partial charge in [-0.05, 0) is 25.1 Å². The van der Waals surface area contributed by atoms with E-state index in [1.165, 1.54) is 10.6 Å². The van der Waals surface area contributed by atoms with Crippen molar-refractivity contribution in [3.8, 4) is 0 Å². The van der Waals surface area contributed by atoms with Crippen LogP contribution < -0.4 is 0 Å². The predicted molar refractivity (Wildman–Crippen MR) is 83.0 cm³/mol. The molecule has 1 fully saturated rings. The number of aromatic nitrogens is 2. The predicted octanol–water partition coefficient (Wildman–Crippen LogP) is 0.669. The molecule has 0 spiro atoms. The minimum Gasteiger partial charge on any atom is -0.346 e. The zero-order valence-electron chi connectivity index (χ0n) is 12.5. The van der Waals surface area contributed by atoms with Crippen molar-refractivity contribution in [1.29, 1.82) is 0 Å².